The lowest BCUT2D eigenvalue weighted by atomic mass is 10.1. The zero-order chi connectivity index (χ0) is 20.1. The van der Waals surface area contributed by atoms with Gasteiger partial charge < -0.3 is 9.32 Å². The molecule has 0 fully saturated rings. The molecule has 1 amide bonds. The smallest absolute Gasteiger partial charge is 0.290 e. The molecule has 0 atom stereocenters. The first kappa shape index (κ1) is 17.6. The van der Waals surface area contributed by atoms with Crippen LogP contribution in [0.4, 0.5) is 0 Å². The van der Waals surface area contributed by atoms with Crippen molar-refractivity contribution in [2.24, 2.45) is 0 Å². The van der Waals surface area contributed by atoms with Crippen LogP contribution < -0.4 is 11.0 Å². The number of nitrogens with zero attached hydrogens (tertiary/aromatic N) is 3. The number of carbonyl (C=O) groups is 1. The van der Waals surface area contributed by atoms with Crippen LogP contribution in [0.1, 0.15) is 21.8 Å². The second-order valence-electron chi connectivity index (χ2n) is 6.87. The van der Waals surface area contributed by atoms with Gasteiger partial charge in [0.25, 0.3) is 11.5 Å². The van der Waals surface area contributed by atoms with Gasteiger partial charge in [-0.25, -0.2) is 4.98 Å². The molecule has 0 N–H and O–H groups in total. The van der Waals surface area contributed by atoms with E-state index < -0.39 is 5.91 Å². The van der Waals surface area contributed by atoms with E-state index in [0.29, 0.717) is 45.9 Å². The zero-order valence-electron chi connectivity index (χ0n) is 15.1. The average Bonchev–Trinajstić information content (AvgIpc) is 2.74. The highest BCUT2D eigenvalue weighted by Gasteiger charge is 2.27. The third kappa shape index (κ3) is 2.91. The van der Waals surface area contributed by atoms with Gasteiger partial charge in [-0.15, -0.1) is 0 Å². The number of halogens is 1. The third-order valence-electron chi connectivity index (χ3n) is 5.07. The molecule has 3 aromatic heterocycles. The van der Waals surface area contributed by atoms with Crippen molar-refractivity contribution in [3.05, 3.63) is 91.3 Å². The summed E-state index contributed by atoms with van der Waals surface area (Å²) in [6.07, 6.45) is 1.95. The zero-order valence-corrected chi connectivity index (χ0v) is 15.8. The summed E-state index contributed by atoms with van der Waals surface area (Å²) in [5.41, 5.74) is 1.43. The fraction of sp³-hybridized carbons (Fsp3) is 0.143. The van der Waals surface area contributed by atoms with E-state index in [1.54, 1.807) is 36.4 Å². The highest BCUT2D eigenvalue weighted by Crippen LogP contribution is 2.20. The molecule has 7 nitrogen and oxygen atoms in total. The SMILES string of the molecule is O=C(c1cc(=O)c2ccccc2o1)N1CCc2nc3ccc(Cl)cn3c(=O)c2C1. The molecule has 0 unspecified atom stereocenters. The first-order valence-corrected chi connectivity index (χ1v) is 9.41. The summed E-state index contributed by atoms with van der Waals surface area (Å²) in [5, 5.41) is 0.835. The van der Waals surface area contributed by atoms with Crippen LogP contribution in [0.25, 0.3) is 16.6 Å². The number of pyridine rings is 1. The Morgan fingerprint density at radius 3 is 2.83 bits per heavy atom. The van der Waals surface area contributed by atoms with Gasteiger partial charge in [-0.3, -0.25) is 18.8 Å². The largest absolute Gasteiger partial charge is 0.451 e. The van der Waals surface area contributed by atoms with E-state index in [0.717, 1.165) is 0 Å². The van der Waals surface area contributed by atoms with Crippen molar-refractivity contribution >= 4 is 34.1 Å². The average molecular weight is 408 g/mol. The summed E-state index contributed by atoms with van der Waals surface area (Å²) in [4.78, 5) is 44.2. The maximum atomic E-state index is 13.0. The highest BCUT2D eigenvalue weighted by molar-refractivity contribution is 6.30. The predicted molar refractivity (Wildman–Crippen MR) is 107 cm³/mol. The molecule has 0 spiro atoms. The molecule has 1 aliphatic heterocycles. The maximum absolute atomic E-state index is 13.0. The van der Waals surface area contributed by atoms with E-state index in [9.17, 15) is 14.4 Å². The minimum Gasteiger partial charge on any atom is -0.451 e. The Morgan fingerprint density at radius 1 is 1.14 bits per heavy atom. The van der Waals surface area contributed by atoms with E-state index in [-0.39, 0.29) is 23.3 Å². The van der Waals surface area contributed by atoms with Crippen molar-refractivity contribution in [2.45, 2.75) is 13.0 Å². The van der Waals surface area contributed by atoms with Crippen LogP contribution in [0.2, 0.25) is 5.02 Å². The second kappa shape index (κ2) is 6.56. The minimum atomic E-state index is -0.436. The Hall–Kier alpha value is -3.45. The van der Waals surface area contributed by atoms with Gasteiger partial charge in [0.15, 0.2) is 11.2 Å². The molecule has 0 radical (unpaired) electrons. The Labute approximate surface area is 168 Å². The van der Waals surface area contributed by atoms with E-state index >= 15 is 0 Å². The summed E-state index contributed by atoms with van der Waals surface area (Å²) in [5.74, 6) is -0.483. The van der Waals surface area contributed by atoms with Crippen molar-refractivity contribution < 1.29 is 9.21 Å². The van der Waals surface area contributed by atoms with E-state index in [1.165, 1.54) is 21.6 Å². The third-order valence-corrected chi connectivity index (χ3v) is 5.29. The standard InChI is InChI=1S/C21H14ClN3O4/c22-12-5-6-19-23-15-7-8-24(11-14(15)20(27)25(19)10-12)21(28)18-9-16(26)13-3-1-2-4-17(13)29-18/h1-6,9-10H,7-8,11H2. The molecule has 0 saturated carbocycles. The molecular formula is C21H14ClN3O4. The molecule has 1 aliphatic rings. The number of carbonyl (C=O) groups excluding carboxylic acids is 1. The molecular weight excluding hydrogens is 394 g/mol. The molecule has 144 valence electrons. The molecule has 4 aromatic rings. The Bertz CT molecular complexity index is 1420. The maximum Gasteiger partial charge on any atom is 0.290 e. The molecule has 5 rings (SSSR count). The first-order chi connectivity index (χ1) is 14.0. The number of benzene rings is 1. The fourth-order valence-corrected chi connectivity index (χ4v) is 3.77. The predicted octanol–water partition coefficient (Wildman–Crippen LogP) is 2.65. The summed E-state index contributed by atoms with van der Waals surface area (Å²) in [7, 11) is 0. The van der Waals surface area contributed by atoms with Gasteiger partial charge in [0.2, 0.25) is 0 Å². The fourth-order valence-electron chi connectivity index (χ4n) is 3.61. The molecule has 8 heteroatoms. The number of para-hydroxylation sites is 1. The van der Waals surface area contributed by atoms with Crippen molar-refractivity contribution in [2.75, 3.05) is 6.54 Å². The lowest BCUT2D eigenvalue weighted by molar-refractivity contribution is 0.0701. The molecule has 4 heterocycles. The van der Waals surface area contributed by atoms with Crippen molar-refractivity contribution in [1.82, 2.24) is 14.3 Å². The van der Waals surface area contributed by atoms with Crippen LogP contribution in [0.15, 0.2) is 62.7 Å². The van der Waals surface area contributed by atoms with Crippen LogP contribution in [0, 0.1) is 0 Å². The van der Waals surface area contributed by atoms with Gasteiger partial charge in [-0.1, -0.05) is 23.7 Å². The van der Waals surface area contributed by atoms with Crippen LogP contribution in [-0.4, -0.2) is 26.7 Å². The molecule has 1 aromatic carbocycles. The number of hydrogen-bond acceptors (Lipinski definition) is 5. The van der Waals surface area contributed by atoms with Gasteiger partial charge in [-0.05, 0) is 24.3 Å². The number of hydrogen-bond donors (Lipinski definition) is 0. The van der Waals surface area contributed by atoms with Gasteiger partial charge in [0.05, 0.1) is 28.2 Å². The van der Waals surface area contributed by atoms with Crippen LogP contribution >= 0.6 is 11.6 Å². The quantitative estimate of drug-likeness (QED) is 0.484. The van der Waals surface area contributed by atoms with E-state index in [4.69, 9.17) is 16.0 Å². The normalized spacial score (nSPS) is 13.6. The van der Waals surface area contributed by atoms with Gasteiger partial charge in [0.1, 0.15) is 11.2 Å². The second-order valence-corrected chi connectivity index (χ2v) is 7.30. The summed E-state index contributed by atoms with van der Waals surface area (Å²) < 4.78 is 7.03. The molecule has 0 saturated heterocycles. The number of fused-ring (bicyclic) bond motifs is 3. The van der Waals surface area contributed by atoms with Crippen molar-refractivity contribution in [1.29, 1.82) is 0 Å². The van der Waals surface area contributed by atoms with Gasteiger partial charge in [0, 0.05) is 25.2 Å². The van der Waals surface area contributed by atoms with Crippen LogP contribution in [0.5, 0.6) is 0 Å². The van der Waals surface area contributed by atoms with Crippen molar-refractivity contribution in [3.63, 3.8) is 0 Å². The summed E-state index contributed by atoms with van der Waals surface area (Å²) in [6.45, 7) is 0.463. The Morgan fingerprint density at radius 2 is 1.97 bits per heavy atom. The van der Waals surface area contributed by atoms with Gasteiger partial charge >= 0.3 is 0 Å². The van der Waals surface area contributed by atoms with Crippen LogP contribution in [0.3, 0.4) is 0 Å². The van der Waals surface area contributed by atoms with Crippen LogP contribution in [-0.2, 0) is 13.0 Å². The lowest BCUT2D eigenvalue weighted by Gasteiger charge is -2.27. The monoisotopic (exact) mass is 407 g/mol. The van der Waals surface area contributed by atoms with E-state index in [1.807, 2.05) is 0 Å². The van der Waals surface area contributed by atoms with Crippen molar-refractivity contribution in [3.8, 4) is 0 Å². The number of aromatic nitrogens is 2. The molecule has 0 aliphatic carbocycles. The molecule has 29 heavy (non-hydrogen) atoms. The Kier molecular flexibility index (Phi) is 3.99. The van der Waals surface area contributed by atoms with Gasteiger partial charge in [-0.2, -0.15) is 0 Å². The minimum absolute atomic E-state index is 0.0472. The van der Waals surface area contributed by atoms with E-state index in [2.05, 4.69) is 4.98 Å². The highest BCUT2D eigenvalue weighted by atomic mass is 35.5. The first-order valence-electron chi connectivity index (χ1n) is 9.03. The topological polar surface area (TPSA) is 84.9 Å². The lowest BCUT2D eigenvalue weighted by Crippen LogP contribution is -2.40. The Balaban J connectivity index is 1.54. The summed E-state index contributed by atoms with van der Waals surface area (Å²) in [6, 6.07) is 11.3. The number of amides is 1. The number of rotatable bonds is 1. The summed E-state index contributed by atoms with van der Waals surface area (Å²) >= 11 is 6.00. The molecule has 0 bridgehead atoms.